The molecule has 0 bridgehead atoms. The van der Waals surface area contributed by atoms with Gasteiger partial charge in [0.15, 0.2) is 0 Å². The summed E-state index contributed by atoms with van der Waals surface area (Å²) in [5.41, 5.74) is 10.4. The van der Waals surface area contributed by atoms with E-state index >= 15 is 0 Å². The zero-order valence-electron chi connectivity index (χ0n) is 19.5. The summed E-state index contributed by atoms with van der Waals surface area (Å²) in [5.74, 6) is 0. The molecule has 7 aromatic rings. The number of nitrogens with zero attached hydrogens (tertiary/aromatic N) is 2. The highest BCUT2D eigenvalue weighted by Crippen LogP contribution is 2.57. The lowest BCUT2D eigenvalue weighted by atomic mass is 9.81. The minimum absolute atomic E-state index is 0.189. The monoisotopic (exact) mass is 450 g/mol. The summed E-state index contributed by atoms with van der Waals surface area (Å²) in [4.78, 5) is 4.49. The highest BCUT2D eigenvalue weighted by molar-refractivity contribution is 6.31. The Balaban J connectivity index is 1.76. The van der Waals surface area contributed by atoms with Gasteiger partial charge in [0.05, 0.1) is 22.9 Å². The third kappa shape index (κ3) is 2.23. The van der Waals surface area contributed by atoms with E-state index in [-0.39, 0.29) is 5.41 Å². The Morgan fingerprint density at radius 1 is 0.771 bits per heavy atom. The number of pyridine rings is 1. The van der Waals surface area contributed by atoms with Gasteiger partial charge in [0.1, 0.15) is 11.2 Å². The predicted octanol–water partition coefficient (Wildman–Crippen LogP) is 8.38. The average Bonchev–Trinajstić information content (AvgIpc) is 3.51. The summed E-state index contributed by atoms with van der Waals surface area (Å²) in [5, 5.41) is 4.84. The van der Waals surface area contributed by atoms with Gasteiger partial charge in [-0.3, -0.25) is 4.98 Å². The van der Waals surface area contributed by atoms with Crippen molar-refractivity contribution in [3.05, 3.63) is 108 Å². The van der Waals surface area contributed by atoms with Gasteiger partial charge in [-0.1, -0.05) is 74.5 Å². The van der Waals surface area contributed by atoms with Crippen LogP contribution in [0.5, 0.6) is 0 Å². The number of hydrogen-bond acceptors (Lipinski definition) is 2. The standard InChI is InChI=1S/C32H22N2O/c1-32(2)23-14-6-3-11-20(23)28-29(32)30-26(27-22-13-5-8-16-25(22)35-31(27)28)21-12-4-7-15-24(21)34(30)19-10-9-17-33-18-19/h3-18H,1-2H3. The first-order chi connectivity index (χ1) is 17.2. The maximum absolute atomic E-state index is 6.70. The number of fused-ring (bicyclic) bond motifs is 12. The molecule has 8 rings (SSSR count). The Labute approximate surface area is 202 Å². The molecule has 1 aliphatic rings. The molecule has 0 amide bonds. The maximum atomic E-state index is 6.70. The van der Waals surface area contributed by atoms with Crippen molar-refractivity contribution in [3.63, 3.8) is 0 Å². The second-order valence-electron chi connectivity index (χ2n) is 10.0. The van der Waals surface area contributed by atoms with E-state index in [0.29, 0.717) is 0 Å². The van der Waals surface area contributed by atoms with Crippen LogP contribution in [0.2, 0.25) is 0 Å². The molecule has 0 spiro atoms. The van der Waals surface area contributed by atoms with Gasteiger partial charge in [0.2, 0.25) is 0 Å². The van der Waals surface area contributed by atoms with E-state index in [2.05, 4.69) is 102 Å². The molecule has 0 radical (unpaired) electrons. The molecule has 0 saturated carbocycles. The fraction of sp³-hybridized carbons (Fsp3) is 0.0938. The van der Waals surface area contributed by atoms with E-state index in [4.69, 9.17) is 4.42 Å². The minimum Gasteiger partial charge on any atom is -0.455 e. The van der Waals surface area contributed by atoms with Crippen molar-refractivity contribution >= 4 is 43.7 Å². The molecular formula is C32H22N2O. The zero-order chi connectivity index (χ0) is 23.3. The Bertz CT molecular complexity index is 1970. The summed E-state index contributed by atoms with van der Waals surface area (Å²) in [6.07, 6.45) is 3.80. The first kappa shape index (κ1) is 19.0. The number of furan rings is 1. The first-order valence-electron chi connectivity index (χ1n) is 12.1. The van der Waals surface area contributed by atoms with Crippen LogP contribution in [0.15, 0.2) is 102 Å². The first-order valence-corrected chi connectivity index (χ1v) is 12.1. The van der Waals surface area contributed by atoms with Crippen LogP contribution in [0, 0.1) is 0 Å². The van der Waals surface area contributed by atoms with Crippen LogP contribution in [0.3, 0.4) is 0 Å². The summed E-state index contributed by atoms with van der Waals surface area (Å²) in [7, 11) is 0. The molecule has 3 heterocycles. The SMILES string of the molecule is CC1(C)c2ccccc2-c2c1c1c(c3ccccc3n1-c1cccnc1)c1c2oc2ccccc21. The third-order valence-corrected chi connectivity index (χ3v) is 7.83. The molecule has 1 aliphatic carbocycles. The molecule has 0 saturated heterocycles. The van der Waals surface area contributed by atoms with Crippen molar-refractivity contribution in [2.45, 2.75) is 19.3 Å². The molecule has 0 unspecified atom stereocenters. The van der Waals surface area contributed by atoms with Crippen molar-refractivity contribution in [2.75, 3.05) is 0 Å². The number of aromatic nitrogens is 2. The summed E-state index contributed by atoms with van der Waals surface area (Å²) in [6, 6.07) is 30.1. The topological polar surface area (TPSA) is 31.0 Å². The van der Waals surface area contributed by atoms with E-state index in [1.807, 2.05) is 18.5 Å². The van der Waals surface area contributed by atoms with Crippen LogP contribution in [-0.4, -0.2) is 9.55 Å². The van der Waals surface area contributed by atoms with E-state index in [1.54, 1.807) is 0 Å². The van der Waals surface area contributed by atoms with E-state index in [9.17, 15) is 0 Å². The van der Waals surface area contributed by atoms with Gasteiger partial charge in [0, 0.05) is 38.7 Å². The van der Waals surface area contributed by atoms with Crippen molar-refractivity contribution in [3.8, 4) is 16.8 Å². The van der Waals surface area contributed by atoms with Crippen molar-refractivity contribution < 1.29 is 4.42 Å². The fourth-order valence-corrected chi connectivity index (χ4v) is 6.43. The Morgan fingerprint density at radius 3 is 2.40 bits per heavy atom. The lowest BCUT2D eigenvalue weighted by Gasteiger charge is -2.23. The van der Waals surface area contributed by atoms with Crippen LogP contribution in [0.1, 0.15) is 25.0 Å². The van der Waals surface area contributed by atoms with Gasteiger partial charge in [-0.15, -0.1) is 0 Å². The molecular weight excluding hydrogens is 428 g/mol. The molecule has 166 valence electrons. The van der Waals surface area contributed by atoms with Crippen LogP contribution in [0.4, 0.5) is 0 Å². The highest BCUT2D eigenvalue weighted by atomic mass is 16.3. The van der Waals surface area contributed by atoms with Gasteiger partial charge in [-0.05, 0) is 41.0 Å². The molecule has 0 fully saturated rings. The number of rotatable bonds is 1. The normalized spacial score (nSPS) is 14.2. The number of para-hydroxylation sites is 2. The average molecular weight is 451 g/mol. The maximum Gasteiger partial charge on any atom is 0.144 e. The second-order valence-corrected chi connectivity index (χ2v) is 10.0. The zero-order valence-corrected chi connectivity index (χ0v) is 19.5. The predicted molar refractivity (Wildman–Crippen MR) is 143 cm³/mol. The van der Waals surface area contributed by atoms with E-state index in [1.165, 1.54) is 49.4 Å². The van der Waals surface area contributed by atoms with Crippen molar-refractivity contribution in [1.82, 2.24) is 9.55 Å². The summed E-state index contributed by atoms with van der Waals surface area (Å²) >= 11 is 0. The number of benzene rings is 4. The van der Waals surface area contributed by atoms with Gasteiger partial charge in [-0.25, -0.2) is 0 Å². The quantitative estimate of drug-likeness (QED) is 0.251. The highest BCUT2D eigenvalue weighted by Gasteiger charge is 2.41. The number of hydrogen-bond donors (Lipinski definition) is 0. The molecule has 4 aromatic carbocycles. The molecule has 3 nitrogen and oxygen atoms in total. The van der Waals surface area contributed by atoms with Crippen molar-refractivity contribution in [2.24, 2.45) is 0 Å². The van der Waals surface area contributed by atoms with Crippen molar-refractivity contribution in [1.29, 1.82) is 0 Å². The summed E-state index contributed by atoms with van der Waals surface area (Å²) < 4.78 is 9.10. The lowest BCUT2D eigenvalue weighted by molar-refractivity contribution is 0.656. The molecule has 0 N–H and O–H groups in total. The molecule has 0 atom stereocenters. The second kappa shape index (κ2) is 6.39. The van der Waals surface area contributed by atoms with E-state index < -0.39 is 0 Å². The molecule has 0 aliphatic heterocycles. The minimum atomic E-state index is -0.189. The van der Waals surface area contributed by atoms with E-state index in [0.717, 1.165) is 22.2 Å². The Kier molecular flexibility index (Phi) is 3.47. The van der Waals surface area contributed by atoms with Gasteiger partial charge in [-0.2, -0.15) is 0 Å². The van der Waals surface area contributed by atoms with Crippen LogP contribution in [0.25, 0.3) is 60.6 Å². The van der Waals surface area contributed by atoms with Crippen LogP contribution >= 0.6 is 0 Å². The largest absolute Gasteiger partial charge is 0.455 e. The van der Waals surface area contributed by atoms with Gasteiger partial charge < -0.3 is 8.98 Å². The van der Waals surface area contributed by atoms with Gasteiger partial charge in [0.25, 0.3) is 0 Å². The Hall–Kier alpha value is -4.37. The Morgan fingerprint density at radius 2 is 1.54 bits per heavy atom. The van der Waals surface area contributed by atoms with Crippen LogP contribution < -0.4 is 0 Å². The molecule has 3 heteroatoms. The smallest absolute Gasteiger partial charge is 0.144 e. The third-order valence-electron chi connectivity index (χ3n) is 7.83. The fourth-order valence-electron chi connectivity index (χ4n) is 6.43. The van der Waals surface area contributed by atoms with Gasteiger partial charge >= 0.3 is 0 Å². The lowest BCUT2D eigenvalue weighted by Crippen LogP contribution is -2.16. The molecule has 35 heavy (non-hydrogen) atoms. The van der Waals surface area contributed by atoms with Crippen LogP contribution in [-0.2, 0) is 5.41 Å². The molecule has 3 aromatic heterocycles. The summed E-state index contributed by atoms with van der Waals surface area (Å²) in [6.45, 7) is 4.69.